The molecule has 0 spiro atoms. The number of hydrogen-bond acceptors (Lipinski definition) is 3. The van der Waals surface area contributed by atoms with Gasteiger partial charge in [-0.3, -0.25) is 4.98 Å². The number of aromatic nitrogens is 1. The predicted molar refractivity (Wildman–Crippen MR) is 54.8 cm³/mol. The van der Waals surface area contributed by atoms with Gasteiger partial charge in [-0.1, -0.05) is 0 Å². The van der Waals surface area contributed by atoms with E-state index in [-0.39, 0.29) is 6.10 Å². The number of nitrogens with zero attached hydrogens (tertiary/aromatic N) is 2. The van der Waals surface area contributed by atoms with Crippen molar-refractivity contribution < 1.29 is 5.11 Å². The molecule has 0 bridgehead atoms. The third kappa shape index (κ3) is 1.84. The van der Waals surface area contributed by atoms with Gasteiger partial charge in [-0.15, -0.1) is 0 Å². The molecule has 1 N–H and O–H groups in total. The van der Waals surface area contributed by atoms with Crippen LogP contribution >= 0.6 is 15.9 Å². The number of hydrogen-bond donors (Lipinski definition) is 1. The number of halogens is 1. The number of pyridine rings is 1. The van der Waals surface area contributed by atoms with Crippen molar-refractivity contribution in [2.45, 2.75) is 12.5 Å². The Balaban J connectivity index is 2.21. The van der Waals surface area contributed by atoms with E-state index in [0.717, 1.165) is 29.7 Å². The van der Waals surface area contributed by atoms with Gasteiger partial charge in [0, 0.05) is 25.5 Å². The van der Waals surface area contributed by atoms with Crippen LogP contribution in [0.2, 0.25) is 0 Å². The molecule has 1 fully saturated rings. The van der Waals surface area contributed by atoms with E-state index in [1.807, 2.05) is 6.07 Å². The molecule has 1 aliphatic rings. The maximum Gasteiger partial charge on any atom is 0.0731 e. The van der Waals surface area contributed by atoms with Gasteiger partial charge >= 0.3 is 0 Å². The van der Waals surface area contributed by atoms with Crippen LogP contribution in [0.4, 0.5) is 5.69 Å². The molecule has 70 valence electrons. The van der Waals surface area contributed by atoms with E-state index in [9.17, 15) is 5.11 Å². The molecule has 0 saturated carbocycles. The first-order valence-corrected chi connectivity index (χ1v) is 5.09. The summed E-state index contributed by atoms with van der Waals surface area (Å²) in [5.41, 5.74) is 1.12. The van der Waals surface area contributed by atoms with Crippen molar-refractivity contribution in [2.75, 3.05) is 18.0 Å². The van der Waals surface area contributed by atoms with Gasteiger partial charge in [0.25, 0.3) is 0 Å². The van der Waals surface area contributed by atoms with Crippen molar-refractivity contribution in [2.24, 2.45) is 0 Å². The first kappa shape index (κ1) is 8.97. The van der Waals surface area contributed by atoms with Crippen molar-refractivity contribution in [3.8, 4) is 0 Å². The summed E-state index contributed by atoms with van der Waals surface area (Å²) in [6.07, 6.45) is 4.22. The fraction of sp³-hybridized carbons (Fsp3) is 0.444. The Labute approximate surface area is 85.5 Å². The van der Waals surface area contributed by atoms with Crippen LogP contribution in [-0.2, 0) is 0 Å². The average molecular weight is 243 g/mol. The first-order valence-electron chi connectivity index (χ1n) is 4.30. The Hall–Kier alpha value is -0.610. The number of anilines is 1. The fourth-order valence-corrected chi connectivity index (χ4v) is 2.09. The van der Waals surface area contributed by atoms with E-state index in [4.69, 9.17) is 0 Å². The van der Waals surface area contributed by atoms with Crippen LogP contribution in [-0.4, -0.2) is 29.3 Å². The maximum absolute atomic E-state index is 9.38. The molecule has 2 rings (SSSR count). The Bertz CT molecular complexity index is 305. The van der Waals surface area contributed by atoms with Gasteiger partial charge in [-0.25, -0.2) is 0 Å². The van der Waals surface area contributed by atoms with Gasteiger partial charge in [0.15, 0.2) is 0 Å². The number of aliphatic hydroxyl groups excluding tert-OH is 1. The van der Waals surface area contributed by atoms with E-state index in [0.29, 0.717) is 0 Å². The zero-order chi connectivity index (χ0) is 9.26. The molecule has 0 unspecified atom stereocenters. The van der Waals surface area contributed by atoms with Crippen LogP contribution in [0.1, 0.15) is 6.42 Å². The third-order valence-corrected chi connectivity index (χ3v) is 2.87. The molecule has 0 amide bonds. The van der Waals surface area contributed by atoms with Crippen molar-refractivity contribution in [3.63, 3.8) is 0 Å². The van der Waals surface area contributed by atoms with Crippen LogP contribution < -0.4 is 4.90 Å². The minimum absolute atomic E-state index is 0.180. The molecule has 2 heterocycles. The average Bonchev–Trinajstić information content (AvgIpc) is 2.53. The summed E-state index contributed by atoms with van der Waals surface area (Å²) in [7, 11) is 0. The highest BCUT2D eigenvalue weighted by Gasteiger charge is 2.21. The second kappa shape index (κ2) is 3.64. The van der Waals surface area contributed by atoms with Crippen LogP contribution in [0.5, 0.6) is 0 Å². The van der Waals surface area contributed by atoms with Crippen LogP contribution in [0.25, 0.3) is 0 Å². The molecule has 13 heavy (non-hydrogen) atoms. The van der Waals surface area contributed by atoms with Gasteiger partial charge in [-0.05, 0) is 28.4 Å². The molecule has 1 saturated heterocycles. The van der Waals surface area contributed by atoms with Crippen LogP contribution in [0.15, 0.2) is 22.9 Å². The van der Waals surface area contributed by atoms with Gasteiger partial charge in [0.1, 0.15) is 0 Å². The molecule has 1 aromatic heterocycles. The van der Waals surface area contributed by atoms with Crippen molar-refractivity contribution in [1.29, 1.82) is 0 Å². The molecular formula is C9H11BrN2O. The van der Waals surface area contributed by atoms with Crippen LogP contribution in [0.3, 0.4) is 0 Å². The molecule has 0 aromatic carbocycles. The van der Waals surface area contributed by atoms with Crippen molar-refractivity contribution in [3.05, 3.63) is 22.9 Å². The van der Waals surface area contributed by atoms with Gasteiger partial charge in [-0.2, -0.15) is 0 Å². The van der Waals surface area contributed by atoms with E-state index in [1.165, 1.54) is 0 Å². The summed E-state index contributed by atoms with van der Waals surface area (Å²) in [5, 5.41) is 9.38. The number of aliphatic hydroxyl groups is 1. The Kier molecular flexibility index (Phi) is 2.51. The Morgan fingerprint density at radius 2 is 2.46 bits per heavy atom. The molecule has 1 aromatic rings. The highest BCUT2D eigenvalue weighted by Crippen LogP contribution is 2.27. The zero-order valence-corrected chi connectivity index (χ0v) is 8.74. The lowest BCUT2D eigenvalue weighted by atomic mass is 10.3. The third-order valence-electron chi connectivity index (χ3n) is 2.26. The van der Waals surface area contributed by atoms with Gasteiger partial charge in [0.2, 0.25) is 0 Å². The lowest BCUT2D eigenvalue weighted by Crippen LogP contribution is -2.21. The molecule has 3 nitrogen and oxygen atoms in total. The monoisotopic (exact) mass is 242 g/mol. The minimum Gasteiger partial charge on any atom is -0.391 e. The molecule has 0 radical (unpaired) electrons. The second-order valence-corrected chi connectivity index (χ2v) is 4.07. The standard InChI is InChI=1S/C9H11BrN2O/c10-8-5-11-3-1-9(8)12-4-2-7(13)6-12/h1,3,5,7,13H,2,4,6H2/t7-/m0/s1. The van der Waals surface area contributed by atoms with Crippen molar-refractivity contribution >= 4 is 21.6 Å². The molecule has 0 aliphatic carbocycles. The summed E-state index contributed by atoms with van der Waals surface area (Å²) in [6.45, 7) is 1.65. The number of rotatable bonds is 1. The second-order valence-electron chi connectivity index (χ2n) is 3.22. The van der Waals surface area contributed by atoms with Gasteiger partial charge < -0.3 is 10.0 Å². The van der Waals surface area contributed by atoms with E-state index in [1.54, 1.807) is 12.4 Å². The quantitative estimate of drug-likeness (QED) is 0.810. The minimum atomic E-state index is -0.180. The van der Waals surface area contributed by atoms with E-state index >= 15 is 0 Å². The molecule has 1 atom stereocenters. The predicted octanol–water partition coefficient (Wildman–Crippen LogP) is 1.42. The fourth-order valence-electron chi connectivity index (χ4n) is 1.58. The summed E-state index contributed by atoms with van der Waals surface area (Å²) < 4.78 is 0.990. The normalized spacial score (nSPS) is 22.3. The summed E-state index contributed by atoms with van der Waals surface area (Å²) in [4.78, 5) is 6.16. The van der Waals surface area contributed by atoms with E-state index < -0.39 is 0 Å². The van der Waals surface area contributed by atoms with E-state index in [2.05, 4.69) is 25.8 Å². The maximum atomic E-state index is 9.38. The molecular weight excluding hydrogens is 232 g/mol. The summed E-state index contributed by atoms with van der Waals surface area (Å²) in [6, 6.07) is 1.96. The van der Waals surface area contributed by atoms with Crippen LogP contribution in [0, 0.1) is 0 Å². The lowest BCUT2D eigenvalue weighted by molar-refractivity contribution is 0.198. The smallest absolute Gasteiger partial charge is 0.0731 e. The summed E-state index contributed by atoms with van der Waals surface area (Å²) in [5.74, 6) is 0. The molecule has 1 aliphatic heterocycles. The lowest BCUT2D eigenvalue weighted by Gasteiger charge is -2.18. The Morgan fingerprint density at radius 1 is 1.62 bits per heavy atom. The largest absolute Gasteiger partial charge is 0.391 e. The van der Waals surface area contributed by atoms with Gasteiger partial charge in [0.05, 0.1) is 16.3 Å². The topological polar surface area (TPSA) is 36.4 Å². The zero-order valence-electron chi connectivity index (χ0n) is 7.15. The highest BCUT2D eigenvalue weighted by atomic mass is 79.9. The Morgan fingerprint density at radius 3 is 3.08 bits per heavy atom. The SMILES string of the molecule is O[C@H]1CCN(c2ccncc2Br)C1. The first-order chi connectivity index (χ1) is 6.27. The molecule has 4 heteroatoms. The van der Waals surface area contributed by atoms with Crippen molar-refractivity contribution in [1.82, 2.24) is 4.98 Å². The summed E-state index contributed by atoms with van der Waals surface area (Å²) >= 11 is 3.44. The highest BCUT2D eigenvalue weighted by molar-refractivity contribution is 9.10. The number of β-amino-alcohol motifs (C(OH)–C–C–N with tert-alkyl or cyclic N) is 1.